The Morgan fingerprint density at radius 2 is 1.61 bits per heavy atom. The van der Waals surface area contributed by atoms with Crippen LogP contribution in [0.5, 0.6) is 0 Å². The van der Waals surface area contributed by atoms with Crippen molar-refractivity contribution in [2.45, 2.75) is 64.1 Å². The summed E-state index contributed by atoms with van der Waals surface area (Å²) < 4.78 is 15.2. The number of nitrogens with one attached hydrogen (secondary N) is 1. The maximum atomic E-state index is 13.7. The Morgan fingerprint density at radius 3 is 2.24 bits per heavy atom. The fourth-order valence-electron chi connectivity index (χ4n) is 4.28. The predicted molar refractivity (Wildman–Crippen MR) is 167 cm³/mol. The van der Waals surface area contributed by atoms with E-state index in [1.807, 2.05) is 6.07 Å². The third-order valence-corrected chi connectivity index (χ3v) is 7.17. The molecule has 0 aliphatic carbocycles. The molecule has 1 saturated heterocycles. The summed E-state index contributed by atoms with van der Waals surface area (Å²) in [5.41, 5.74) is -0.0971. The third kappa shape index (κ3) is 11.9. The number of amides is 2. The second-order valence-electron chi connectivity index (χ2n) is 11.1. The molecule has 1 aliphatic heterocycles. The fourth-order valence-corrected chi connectivity index (χ4v) is 4.98. The van der Waals surface area contributed by atoms with Gasteiger partial charge in [-0.05, 0) is 41.0 Å². The molecule has 250 valence electrons. The first kappa shape index (κ1) is 36.2. The van der Waals surface area contributed by atoms with E-state index in [9.17, 15) is 24.0 Å². The molecule has 1 fully saturated rings. The summed E-state index contributed by atoms with van der Waals surface area (Å²) in [5, 5.41) is 4.51. The van der Waals surface area contributed by atoms with E-state index in [1.165, 1.54) is 16.0 Å². The number of hydroxylamine groups is 2. The summed E-state index contributed by atoms with van der Waals surface area (Å²) in [4.78, 5) is 79.2. The zero-order valence-corrected chi connectivity index (χ0v) is 27.6. The monoisotopic (exact) mass is 659 g/mol. The molecule has 1 aliphatic rings. The molecule has 1 aromatic heterocycles. The Bertz CT molecular complexity index is 1360. The van der Waals surface area contributed by atoms with E-state index in [4.69, 9.17) is 19.0 Å². The summed E-state index contributed by atoms with van der Waals surface area (Å²) in [6, 6.07) is 9.36. The van der Waals surface area contributed by atoms with Gasteiger partial charge in [-0.3, -0.25) is 19.2 Å². The van der Waals surface area contributed by atoms with Gasteiger partial charge in [0, 0.05) is 31.1 Å². The lowest BCUT2D eigenvalue weighted by Crippen LogP contribution is -2.55. The SMILES string of the molecule is CCOC(=O)CSc1cc(C(=O)N[C@@H](CCC(=O)OC(C)(C)C)C(=O)N2CCN(OC(=O)OCC)CC2)nc(-c2ccccc2)n1. The van der Waals surface area contributed by atoms with Crippen LogP contribution in [0.4, 0.5) is 4.79 Å². The number of rotatable bonds is 13. The van der Waals surface area contributed by atoms with E-state index in [-0.39, 0.29) is 69.5 Å². The van der Waals surface area contributed by atoms with Crippen LogP contribution in [-0.4, -0.2) is 107 Å². The normalized spacial score (nSPS) is 14.2. The van der Waals surface area contributed by atoms with Crippen molar-refractivity contribution in [2.24, 2.45) is 0 Å². The number of hydrogen-bond donors (Lipinski definition) is 1. The quantitative estimate of drug-likeness (QED) is 0.144. The summed E-state index contributed by atoms with van der Waals surface area (Å²) in [6.07, 6.45) is -0.982. The van der Waals surface area contributed by atoms with Gasteiger partial charge in [-0.1, -0.05) is 42.1 Å². The van der Waals surface area contributed by atoms with Gasteiger partial charge < -0.3 is 29.3 Å². The minimum atomic E-state index is -1.09. The largest absolute Gasteiger partial charge is 0.527 e. The lowest BCUT2D eigenvalue weighted by molar-refractivity contribution is -0.158. The van der Waals surface area contributed by atoms with Crippen molar-refractivity contribution in [3.63, 3.8) is 0 Å². The Balaban J connectivity index is 1.82. The van der Waals surface area contributed by atoms with Crippen molar-refractivity contribution >= 4 is 41.7 Å². The highest BCUT2D eigenvalue weighted by Gasteiger charge is 2.31. The average Bonchev–Trinajstić information content (AvgIpc) is 3.01. The van der Waals surface area contributed by atoms with Gasteiger partial charge in [0.2, 0.25) is 5.91 Å². The molecular formula is C31H41N5O9S. The number of nitrogens with zero attached hydrogens (tertiary/aromatic N) is 4. The topological polar surface area (TPSA) is 167 Å². The van der Waals surface area contributed by atoms with Crippen molar-refractivity contribution in [1.29, 1.82) is 0 Å². The van der Waals surface area contributed by atoms with Crippen LogP contribution >= 0.6 is 11.8 Å². The van der Waals surface area contributed by atoms with Crippen LogP contribution in [0.15, 0.2) is 41.4 Å². The highest BCUT2D eigenvalue weighted by atomic mass is 32.2. The van der Waals surface area contributed by atoms with Gasteiger partial charge in [0.15, 0.2) is 5.82 Å². The first-order chi connectivity index (χ1) is 21.9. The highest BCUT2D eigenvalue weighted by molar-refractivity contribution is 7.99. The lowest BCUT2D eigenvalue weighted by atomic mass is 10.1. The molecular weight excluding hydrogens is 618 g/mol. The zero-order chi connectivity index (χ0) is 33.7. The maximum Gasteiger partial charge on any atom is 0.527 e. The van der Waals surface area contributed by atoms with E-state index in [0.717, 1.165) is 11.8 Å². The number of piperazine rings is 1. The number of ether oxygens (including phenoxy) is 3. The molecule has 46 heavy (non-hydrogen) atoms. The molecule has 0 unspecified atom stereocenters. The number of carbonyl (C=O) groups is 5. The molecule has 0 spiro atoms. The second kappa shape index (κ2) is 17.5. The molecule has 2 aromatic rings. The van der Waals surface area contributed by atoms with Crippen LogP contribution in [0.2, 0.25) is 0 Å². The average molecular weight is 660 g/mol. The summed E-state index contributed by atoms with van der Waals surface area (Å²) >= 11 is 1.09. The van der Waals surface area contributed by atoms with Crippen molar-refractivity contribution in [1.82, 2.24) is 25.2 Å². The number of aromatic nitrogens is 2. The van der Waals surface area contributed by atoms with Crippen molar-refractivity contribution in [3.05, 3.63) is 42.1 Å². The Labute approximate surface area is 272 Å². The van der Waals surface area contributed by atoms with Crippen molar-refractivity contribution < 1.29 is 43.0 Å². The number of thioether (sulfide) groups is 1. The molecule has 1 atom stereocenters. The smallest absolute Gasteiger partial charge is 0.465 e. The molecule has 2 heterocycles. The van der Waals surface area contributed by atoms with Gasteiger partial charge in [-0.15, -0.1) is 5.06 Å². The Morgan fingerprint density at radius 1 is 0.935 bits per heavy atom. The van der Waals surface area contributed by atoms with Gasteiger partial charge in [0.1, 0.15) is 22.4 Å². The zero-order valence-electron chi connectivity index (χ0n) is 26.8. The van der Waals surface area contributed by atoms with Gasteiger partial charge in [-0.25, -0.2) is 14.8 Å². The maximum absolute atomic E-state index is 13.7. The van der Waals surface area contributed by atoms with Gasteiger partial charge >= 0.3 is 18.1 Å². The van der Waals surface area contributed by atoms with Crippen LogP contribution in [0.1, 0.15) is 57.9 Å². The molecule has 0 saturated carbocycles. The summed E-state index contributed by atoms with van der Waals surface area (Å²) in [5.74, 6) is -1.79. The van der Waals surface area contributed by atoms with Gasteiger partial charge in [0.05, 0.1) is 32.1 Å². The van der Waals surface area contributed by atoms with E-state index in [2.05, 4.69) is 15.3 Å². The van der Waals surface area contributed by atoms with E-state index >= 15 is 0 Å². The van der Waals surface area contributed by atoms with Crippen LogP contribution in [0.25, 0.3) is 11.4 Å². The second-order valence-corrected chi connectivity index (χ2v) is 12.1. The molecule has 0 bridgehead atoms. The third-order valence-electron chi connectivity index (χ3n) is 6.29. The lowest BCUT2D eigenvalue weighted by Gasteiger charge is -2.35. The first-order valence-electron chi connectivity index (χ1n) is 15.0. The summed E-state index contributed by atoms with van der Waals surface area (Å²) in [7, 11) is 0. The molecule has 2 amide bonds. The van der Waals surface area contributed by atoms with Crippen molar-refractivity contribution in [3.8, 4) is 11.4 Å². The highest BCUT2D eigenvalue weighted by Crippen LogP contribution is 2.22. The Kier molecular flexibility index (Phi) is 13.7. The first-order valence-corrected chi connectivity index (χ1v) is 16.0. The van der Waals surface area contributed by atoms with Crippen LogP contribution in [-0.2, 0) is 33.4 Å². The molecule has 0 radical (unpaired) electrons. The molecule has 3 rings (SSSR count). The number of esters is 2. The van der Waals surface area contributed by atoms with Crippen LogP contribution in [0.3, 0.4) is 0 Å². The molecule has 14 nitrogen and oxygen atoms in total. The fraction of sp³-hybridized carbons (Fsp3) is 0.516. The van der Waals surface area contributed by atoms with E-state index < -0.39 is 41.6 Å². The molecule has 1 N–H and O–H groups in total. The molecule has 15 heteroatoms. The van der Waals surface area contributed by atoms with Gasteiger partial charge in [0.25, 0.3) is 5.91 Å². The number of benzene rings is 1. The number of carbonyl (C=O) groups excluding carboxylic acids is 5. The summed E-state index contributed by atoms with van der Waals surface area (Å²) in [6.45, 7) is 9.86. The van der Waals surface area contributed by atoms with Crippen molar-refractivity contribution in [2.75, 3.05) is 45.1 Å². The predicted octanol–water partition coefficient (Wildman–Crippen LogP) is 3.25. The minimum Gasteiger partial charge on any atom is -0.465 e. The van der Waals surface area contributed by atoms with E-state index in [1.54, 1.807) is 58.9 Å². The standard InChI is InChI=1S/C31H41N5O9S/c1-6-42-26(38)20-46-24-19-23(32-27(34-24)21-11-9-8-10-12-21)28(39)33-22(13-14-25(37)44-31(3,4)5)29(40)35-15-17-36(18-16-35)45-30(41)43-7-2/h8-12,19,22H,6-7,13-18,20H2,1-5H3,(H,33,39)/t22-/m0/s1. The van der Waals surface area contributed by atoms with E-state index in [0.29, 0.717) is 10.6 Å². The number of hydrogen-bond acceptors (Lipinski definition) is 13. The van der Waals surface area contributed by atoms with Crippen LogP contribution < -0.4 is 5.32 Å². The van der Waals surface area contributed by atoms with Crippen LogP contribution in [0, 0.1) is 0 Å². The minimum absolute atomic E-state index is 0.0248. The van der Waals surface area contributed by atoms with Gasteiger partial charge in [-0.2, -0.15) is 0 Å². The Hall–Kier alpha value is -4.24. The molecule has 1 aromatic carbocycles.